The average molecular weight is 242 g/mol. The molecule has 0 unspecified atom stereocenters. The van der Waals surface area contributed by atoms with E-state index in [1.807, 2.05) is 19.9 Å². The van der Waals surface area contributed by atoms with Crippen molar-refractivity contribution in [2.24, 2.45) is 11.7 Å². The first-order valence-corrected chi connectivity index (χ1v) is 6.72. The molecule has 5 heteroatoms. The molecule has 0 fully saturated rings. The number of hydrogen-bond acceptors (Lipinski definition) is 3. The minimum atomic E-state index is -3.39. The van der Waals surface area contributed by atoms with Gasteiger partial charge in [-0.05, 0) is 23.6 Å². The molecule has 0 saturated carbocycles. The van der Waals surface area contributed by atoms with Gasteiger partial charge in [0, 0.05) is 13.1 Å². The predicted octanol–water partition coefficient (Wildman–Crippen LogP) is 1.08. The average Bonchev–Trinajstić information content (AvgIpc) is 2.27. The molecule has 90 valence electrons. The van der Waals surface area contributed by atoms with Gasteiger partial charge in [-0.25, -0.2) is 13.1 Å². The van der Waals surface area contributed by atoms with E-state index in [-0.39, 0.29) is 10.8 Å². The van der Waals surface area contributed by atoms with Gasteiger partial charge in [0.15, 0.2) is 0 Å². The van der Waals surface area contributed by atoms with Crippen molar-refractivity contribution in [3.05, 3.63) is 29.8 Å². The molecule has 0 heterocycles. The van der Waals surface area contributed by atoms with Crippen LogP contribution < -0.4 is 10.5 Å². The minimum Gasteiger partial charge on any atom is -0.326 e. The third-order valence-electron chi connectivity index (χ3n) is 2.13. The molecular weight excluding hydrogens is 224 g/mol. The van der Waals surface area contributed by atoms with Gasteiger partial charge in [-0.2, -0.15) is 0 Å². The van der Waals surface area contributed by atoms with Gasteiger partial charge in [0.05, 0.1) is 4.90 Å². The van der Waals surface area contributed by atoms with Crippen LogP contribution in [0.25, 0.3) is 0 Å². The van der Waals surface area contributed by atoms with E-state index >= 15 is 0 Å². The van der Waals surface area contributed by atoms with Crippen molar-refractivity contribution in [1.29, 1.82) is 0 Å². The van der Waals surface area contributed by atoms with E-state index in [0.29, 0.717) is 13.1 Å². The maximum absolute atomic E-state index is 11.9. The number of hydrogen-bond donors (Lipinski definition) is 2. The van der Waals surface area contributed by atoms with E-state index in [1.165, 1.54) is 0 Å². The molecule has 0 amide bonds. The number of rotatable bonds is 5. The highest BCUT2D eigenvalue weighted by Gasteiger charge is 2.13. The predicted molar refractivity (Wildman–Crippen MR) is 64.4 cm³/mol. The Balaban J connectivity index is 2.89. The monoisotopic (exact) mass is 242 g/mol. The van der Waals surface area contributed by atoms with Gasteiger partial charge in [0.1, 0.15) is 0 Å². The number of benzene rings is 1. The SMILES string of the molecule is CC(C)CNS(=O)(=O)c1cccc(CN)c1. The molecule has 1 aromatic rings. The molecule has 0 bridgehead atoms. The third-order valence-corrected chi connectivity index (χ3v) is 3.55. The Kier molecular flexibility index (Phi) is 4.46. The van der Waals surface area contributed by atoms with Crippen LogP contribution in [0.4, 0.5) is 0 Å². The fourth-order valence-corrected chi connectivity index (χ4v) is 2.48. The highest BCUT2D eigenvalue weighted by Crippen LogP contribution is 2.11. The molecule has 0 aliphatic heterocycles. The van der Waals surface area contributed by atoms with Crippen molar-refractivity contribution in [2.75, 3.05) is 6.54 Å². The second-order valence-electron chi connectivity index (χ2n) is 4.10. The van der Waals surface area contributed by atoms with E-state index < -0.39 is 10.0 Å². The van der Waals surface area contributed by atoms with E-state index in [2.05, 4.69) is 4.72 Å². The zero-order valence-corrected chi connectivity index (χ0v) is 10.4. The van der Waals surface area contributed by atoms with Gasteiger partial charge in [0.25, 0.3) is 0 Å². The highest BCUT2D eigenvalue weighted by atomic mass is 32.2. The summed E-state index contributed by atoms with van der Waals surface area (Å²) in [5.41, 5.74) is 6.28. The topological polar surface area (TPSA) is 72.2 Å². The summed E-state index contributed by atoms with van der Waals surface area (Å²) in [6.45, 7) is 4.69. The number of sulfonamides is 1. The van der Waals surface area contributed by atoms with Crippen LogP contribution in [-0.2, 0) is 16.6 Å². The zero-order valence-electron chi connectivity index (χ0n) is 9.60. The Morgan fingerprint density at radius 1 is 1.38 bits per heavy atom. The van der Waals surface area contributed by atoms with Crippen LogP contribution >= 0.6 is 0 Å². The normalized spacial score (nSPS) is 12.0. The first kappa shape index (κ1) is 13.2. The van der Waals surface area contributed by atoms with E-state index in [1.54, 1.807) is 18.2 Å². The van der Waals surface area contributed by atoms with Crippen molar-refractivity contribution in [2.45, 2.75) is 25.3 Å². The largest absolute Gasteiger partial charge is 0.326 e. The van der Waals surface area contributed by atoms with Gasteiger partial charge in [0.2, 0.25) is 10.0 Å². The van der Waals surface area contributed by atoms with Crippen molar-refractivity contribution in [3.63, 3.8) is 0 Å². The zero-order chi connectivity index (χ0) is 12.2. The Morgan fingerprint density at radius 3 is 2.62 bits per heavy atom. The minimum absolute atomic E-state index is 0.274. The third kappa shape index (κ3) is 3.59. The molecule has 0 saturated heterocycles. The first-order valence-electron chi connectivity index (χ1n) is 5.24. The summed E-state index contributed by atoms with van der Waals surface area (Å²) in [4.78, 5) is 0.274. The number of nitrogens with one attached hydrogen (secondary N) is 1. The lowest BCUT2D eigenvalue weighted by molar-refractivity contribution is 0.560. The summed E-state index contributed by atoms with van der Waals surface area (Å²) >= 11 is 0. The van der Waals surface area contributed by atoms with Crippen LogP contribution in [0.2, 0.25) is 0 Å². The second-order valence-corrected chi connectivity index (χ2v) is 5.86. The van der Waals surface area contributed by atoms with Crippen molar-refractivity contribution < 1.29 is 8.42 Å². The van der Waals surface area contributed by atoms with Gasteiger partial charge < -0.3 is 5.73 Å². The summed E-state index contributed by atoms with van der Waals surface area (Å²) in [7, 11) is -3.39. The van der Waals surface area contributed by atoms with Crippen molar-refractivity contribution in [3.8, 4) is 0 Å². The lowest BCUT2D eigenvalue weighted by Gasteiger charge is -2.09. The Bertz CT molecular complexity index is 441. The molecule has 0 aromatic heterocycles. The smallest absolute Gasteiger partial charge is 0.240 e. The van der Waals surface area contributed by atoms with Gasteiger partial charge in [-0.15, -0.1) is 0 Å². The summed E-state index contributed by atoms with van der Waals surface area (Å²) < 4.78 is 26.3. The fourth-order valence-electron chi connectivity index (χ4n) is 1.20. The lowest BCUT2D eigenvalue weighted by atomic mass is 10.2. The standard InChI is InChI=1S/C11H18N2O2S/c1-9(2)8-13-16(14,15)11-5-3-4-10(6-11)7-12/h3-6,9,13H,7-8,12H2,1-2H3. The quantitative estimate of drug-likeness (QED) is 0.811. The molecule has 0 spiro atoms. The molecule has 0 radical (unpaired) electrons. The van der Waals surface area contributed by atoms with Gasteiger partial charge >= 0.3 is 0 Å². The maximum atomic E-state index is 11.9. The molecule has 0 atom stereocenters. The van der Waals surface area contributed by atoms with Gasteiger partial charge in [-0.1, -0.05) is 26.0 Å². The summed E-state index contributed by atoms with van der Waals surface area (Å²) in [5, 5.41) is 0. The molecule has 1 rings (SSSR count). The molecule has 0 aliphatic carbocycles. The molecule has 3 N–H and O–H groups in total. The van der Waals surface area contributed by atoms with E-state index in [9.17, 15) is 8.42 Å². The Hall–Kier alpha value is -0.910. The molecule has 1 aromatic carbocycles. The Labute approximate surface area is 96.9 Å². The first-order chi connectivity index (χ1) is 7.45. The van der Waals surface area contributed by atoms with Crippen molar-refractivity contribution in [1.82, 2.24) is 4.72 Å². The number of nitrogens with two attached hydrogens (primary N) is 1. The van der Waals surface area contributed by atoms with E-state index in [0.717, 1.165) is 5.56 Å². The van der Waals surface area contributed by atoms with Crippen LogP contribution in [0.1, 0.15) is 19.4 Å². The molecular formula is C11H18N2O2S. The van der Waals surface area contributed by atoms with E-state index in [4.69, 9.17) is 5.73 Å². The second kappa shape index (κ2) is 5.43. The maximum Gasteiger partial charge on any atom is 0.240 e. The summed E-state index contributed by atoms with van der Waals surface area (Å²) in [5.74, 6) is 0.285. The highest BCUT2D eigenvalue weighted by molar-refractivity contribution is 7.89. The summed E-state index contributed by atoms with van der Waals surface area (Å²) in [6.07, 6.45) is 0. The fraction of sp³-hybridized carbons (Fsp3) is 0.455. The molecule has 4 nitrogen and oxygen atoms in total. The molecule has 16 heavy (non-hydrogen) atoms. The lowest BCUT2D eigenvalue weighted by Crippen LogP contribution is -2.27. The van der Waals surface area contributed by atoms with Crippen LogP contribution in [0.5, 0.6) is 0 Å². The van der Waals surface area contributed by atoms with Crippen molar-refractivity contribution >= 4 is 10.0 Å². The van der Waals surface area contributed by atoms with Crippen LogP contribution in [0.3, 0.4) is 0 Å². The van der Waals surface area contributed by atoms with Crippen LogP contribution in [0.15, 0.2) is 29.2 Å². The van der Waals surface area contributed by atoms with Gasteiger partial charge in [-0.3, -0.25) is 0 Å². The summed E-state index contributed by atoms with van der Waals surface area (Å²) in [6, 6.07) is 6.68. The molecule has 0 aliphatic rings. The Morgan fingerprint density at radius 2 is 2.06 bits per heavy atom. The van der Waals surface area contributed by atoms with Crippen LogP contribution in [-0.4, -0.2) is 15.0 Å². The van der Waals surface area contributed by atoms with Crippen LogP contribution in [0, 0.1) is 5.92 Å².